The number of carbonyl (C=O) groups is 1. The normalized spacial score (nSPS) is 17.6. The van der Waals surface area contributed by atoms with Crippen LogP contribution >= 0.6 is 0 Å². The molecule has 0 bridgehead atoms. The number of amides is 1. The molecule has 1 unspecified atom stereocenters. The molecule has 0 radical (unpaired) electrons. The standard InChI is InChI=1S/C16H16F3N3O3/c17-16(18,19)15-21-13(22-25-15)11-3-1-10(2-4-11)5-7-20-14(23)12-6-8-24-9-12/h1-4,12H,5-9H2,(H,20,23). The molecule has 1 fully saturated rings. The van der Waals surface area contributed by atoms with Crippen LogP contribution in [0.2, 0.25) is 0 Å². The third kappa shape index (κ3) is 4.36. The topological polar surface area (TPSA) is 77.3 Å². The fourth-order valence-electron chi connectivity index (χ4n) is 2.49. The summed E-state index contributed by atoms with van der Waals surface area (Å²) in [7, 11) is 0. The molecule has 6 nitrogen and oxygen atoms in total. The molecule has 2 heterocycles. The second-order valence-electron chi connectivity index (χ2n) is 5.72. The fraction of sp³-hybridized carbons (Fsp3) is 0.438. The van der Waals surface area contributed by atoms with Crippen molar-refractivity contribution in [3.8, 4) is 11.4 Å². The summed E-state index contributed by atoms with van der Waals surface area (Å²) < 4.78 is 46.8. The van der Waals surface area contributed by atoms with E-state index in [1.165, 1.54) is 0 Å². The summed E-state index contributed by atoms with van der Waals surface area (Å²) in [4.78, 5) is 15.2. The number of aromatic nitrogens is 2. The van der Waals surface area contributed by atoms with Crippen molar-refractivity contribution in [1.29, 1.82) is 0 Å². The van der Waals surface area contributed by atoms with Crippen molar-refractivity contribution >= 4 is 5.91 Å². The van der Waals surface area contributed by atoms with Gasteiger partial charge in [0, 0.05) is 18.7 Å². The van der Waals surface area contributed by atoms with E-state index >= 15 is 0 Å². The van der Waals surface area contributed by atoms with E-state index in [0.717, 1.165) is 12.0 Å². The van der Waals surface area contributed by atoms with Crippen LogP contribution in [0.4, 0.5) is 13.2 Å². The first kappa shape index (κ1) is 17.4. The van der Waals surface area contributed by atoms with E-state index in [1.807, 2.05) is 0 Å². The van der Waals surface area contributed by atoms with Crippen LogP contribution in [0.15, 0.2) is 28.8 Å². The number of alkyl halides is 3. The van der Waals surface area contributed by atoms with Crippen LogP contribution in [-0.2, 0) is 22.1 Å². The number of carbonyl (C=O) groups excluding carboxylic acids is 1. The van der Waals surface area contributed by atoms with Crippen molar-refractivity contribution in [2.24, 2.45) is 5.92 Å². The van der Waals surface area contributed by atoms with Crippen molar-refractivity contribution in [2.45, 2.75) is 19.0 Å². The number of rotatable bonds is 5. The maximum Gasteiger partial charge on any atom is 0.471 e. The van der Waals surface area contributed by atoms with Gasteiger partial charge in [-0.05, 0) is 18.4 Å². The molecular weight excluding hydrogens is 339 g/mol. The van der Waals surface area contributed by atoms with Gasteiger partial charge in [-0.2, -0.15) is 18.2 Å². The maximum atomic E-state index is 12.5. The molecule has 1 aliphatic rings. The lowest BCUT2D eigenvalue weighted by Gasteiger charge is -2.09. The largest absolute Gasteiger partial charge is 0.471 e. The van der Waals surface area contributed by atoms with Crippen LogP contribution in [0.1, 0.15) is 17.9 Å². The minimum absolute atomic E-state index is 0.0133. The number of benzene rings is 1. The lowest BCUT2D eigenvalue weighted by atomic mass is 10.1. The summed E-state index contributed by atoms with van der Waals surface area (Å²) in [5, 5.41) is 6.19. The Morgan fingerprint density at radius 1 is 1.28 bits per heavy atom. The number of ether oxygens (including phenoxy) is 1. The van der Waals surface area contributed by atoms with E-state index in [1.54, 1.807) is 24.3 Å². The molecule has 1 aromatic heterocycles. The number of hydrogen-bond acceptors (Lipinski definition) is 5. The quantitative estimate of drug-likeness (QED) is 0.891. The van der Waals surface area contributed by atoms with Crippen LogP contribution in [0.25, 0.3) is 11.4 Å². The molecule has 25 heavy (non-hydrogen) atoms. The van der Waals surface area contributed by atoms with E-state index in [0.29, 0.717) is 31.7 Å². The van der Waals surface area contributed by atoms with Gasteiger partial charge in [0.15, 0.2) is 0 Å². The fourth-order valence-corrected chi connectivity index (χ4v) is 2.49. The van der Waals surface area contributed by atoms with Crippen LogP contribution in [0.3, 0.4) is 0 Å². The summed E-state index contributed by atoms with van der Waals surface area (Å²) in [6.45, 7) is 1.56. The zero-order valence-electron chi connectivity index (χ0n) is 13.2. The molecule has 0 aliphatic carbocycles. The van der Waals surface area contributed by atoms with Crippen LogP contribution in [0, 0.1) is 5.92 Å². The summed E-state index contributed by atoms with van der Waals surface area (Å²) in [5.74, 6) is -1.58. The molecule has 1 saturated heterocycles. The van der Waals surface area contributed by atoms with Gasteiger partial charge in [-0.1, -0.05) is 29.4 Å². The molecule has 1 aliphatic heterocycles. The second kappa shape index (κ2) is 7.22. The van der Waals surface area contributed by atoms with Crippen molar-refractivity contribution in [2.75, 3.05) is 19.8 Å². The smallest absolute Gasteiger partial charge is 0.381 e. The molecule has 1 atom stereocenters. The average Bonchev–Trinajstić information content (AvgIpc) is 3.27. The Morgan fingerprint density at radius 2 is 2.04 bits per heavy atom. The molecule has 0 saturated carbocycles. The first-order chi connectivity index (χ1) is 11.9. The summed E-state index contributed by atoms with van der Waals surface area (Å²) >= 11 is 0. The number of hydrogen-bond donors (Lipinski definition) is 1. The Kier molecular flexibility index (Phi) is 5.03. The predicted molar refractivity (Wildman–Crippen MR) is 80.4 cm³/mol. The lowest BCUT2D eigenvalue weighted by Crippen LogP contribution is -2.32. The number of nitrogens with one attached hydrogen (secondary N) is 1. The number of halogens is 3. The predicted octanol–water partition coefficient (Wildman–Crippen LogP) is 2.45. The molecule has 2 aromatic rings. The number of nitrogens with zero attached hydrogens (tertiary/aromatic N) is 2. The molecule has 1 aromatic carbocycles. The molecule has 0 spiro atoms. The Morgan fingerprint density at radius 3 is 2.64 bits per heavy atom. The van der Waals surface area contributed by atoms with Gasteiger partial charge in [0.05, 0.1) is 12.5 Å². The minimum atomic E-state index is -4.66. The molecule has 1 N–H and O–H groups in total. The average molecular weight is 355 g/mol. The van der Waals surface area contributed by atoms with Crippen molar-refractivity contribution in [3.63, 3.8) is 0 Å². The highest BCUT2D eigenvalue weighted by Gasteiger charge is 2.38. The maximum absolute atomic E-state index is 12.5. The van der Waals surface area contributed by atoms with E-state index in [9.17, 15) is 18.0 Å². The van der Waals surface area contributed by atoms with Crippen LogP contribution in [-0.4, -0.2) is 35.8 Å². The van der Waals surface area contributed by atoms with Gasteiger partial charge in [0.1, 0.15) is 0 Å². The highest BCUT2D eigenvalue weighted by molar-refractivity contribution is 5.78. The van der Waals surface area contributed by atoms with Gasteiger partial charge >= 0.3 is 12.1 Å². The SMILES string of the molecule is O=C(NCCc1ccc(-c2noc(C(F)(F)F)n2)cc1)C1CCOC1. The monoisotopic (exact) mass is 355 g/mol. The van der Waals surface area contributed by atoms with Gasteiger partial charge < -0.3 is 14.6 Å². The summed E-state index contributed by atoms with van der Waals surface area (Å²) in [6.07, 6.45) is -3.31. The lowest BCUT2D eigenvalue weighted by molar-refractivity contribution is -0.159. The summed E-state index contributed by atoms with van der Waals surface area (Å²) in [6, 6.07) is 6.74. The Bertz CT molecular complexity index is 722. The molecular formula is C16H16F3N3O3. The third-order valence-electron chi connectivity index (χ3n) is 3.89. The van der Waals surface area contributed by atoms with E-state index in [2.05, 4.69) is 20.0 Å². The zero-order valence-corrected chi connectivity index (χ0v) is 13.2. The highest BCUT2D eigenvalue weighted by Crippen LogP contribution is 2.29. The van der Waals surface area contributed by atoms with Gasteiger partial charge in [0.25, 0.3) is 0 Å². The zero-order chi connectivity index (χ0) is 17.9. The van der Waals surface area contributed by atoms with Gasteiger partial charge in [-0.3, -0.25) is 4.79 Å². The van der Waals surface area contributed by atoms with Gasteiger partial charge in [-0.15, -0.1) is 0 Å². The van der Waals surface area contributed by atoms with Crippen molar-refractivity contribution in [3.05, 3.63) is 35.7 Å². The van der Waals surface area contributed by atoms with E-state index in [4.69, 9.17) is 4.74 Å². The Hall–Kier alpha value is -2.42. The van der Waals surface area contributed by atoms with Crippen LogP contribution in [0.5, 0.6) is 0 Å². The Balaban J connectivity index is 1.53. The molecule has 1 amide bonds. The second-order valence-corrected chi connectivity index (χ2v) is 5.72. The first-order valence-electron chi connectivity index (χ1n) is 7.79. The molecule has 9 heteroatoms. The van der Waals surface area contributed by atoms with E-state index in [-0.39, 0.29) is 17.6 Å². The van der Waals surface area contributed by atoms with E-state index < -0.39 is 12.1 Å². The van der Waals surface area contributed by atoms with Crippen LogP contribution < -0.4 is 5.32 Å². The minimum Gasteiger partial charge on any atom is -0.381 e. The summed E-state index contributed by atoms with van der Waals surface area (Å²) in [5.41, 5.74) is 1.36. The van der Waals surface area contributed by atoms with Gasteiger partial charge in [0.2, 0.25) is 11.7 Å². The van der Waals surface area contributed by atoms with Crippen molar-refractivity contribution in [1.82, 2.24) is 15.5 Å². The molecule has 3 rings (SSSR count). The highest BCUT2D eigenvalue weighted by atomic mass is 19.4. The molecule has 134 valence electrons. The third-order valence-corrected chi connectivity index (χ3v) is 3.89. The Labute approximate surface area is 141 Å². The van der Waals surface area contributed by atoms with Crippen molar-refractivity contribution < 1.29 is 27.2 Å². The van der Waals surface area contributed by atoms with Gasteiger partial charge in [-0.25, -0.2) is 0 Å². The first-order valence-corrected chi connectivity index (χ1v) is 7.79.